The molecule has 1 saturated carbocycles. The van der Waals surface area contributed by atoms with Gasteiger partial charge in [-0.25, -0.2) is 19.7 Å². The molecular formula is C23H21ClN4O7. The third-order valence-electron chi connectivity index (χ3n) is 6.19. The van der Waals surface area contributed by atoms with E-state index in [2.05, 4.69) is 15.0 Å². The van der Waals surface area contributed by atoms with Gasteiger partial charge in [0.15, 0.2) is 29.2 Å². The maximum Gasteiger partial charge on any atom is 0.338 e. The minimum absolute atomic E-state index is 0.139. The average molecular weight is 501 g/mol. The molecule has 182 valence electrons. The standard InChI is InChI=1S/C23H21ClN4O7/c1-12(29)32-17-18(33-13(2)30)23(9-8-15(23)34-22(31)14-6-4-3-5-7-14)35-21(17)28-11-27-16-19(24)25-10-26-20(16)28/h3-7,10-11,15,17-18,21H,8-9H2,1-2H3/t15-,17?,18?,21?,23-/m1/s1. The Morgan fingerprint density at radius 1 is 1.06 bits per heavy atom. The largest absolute Gasteiger partial charge is 0.456 e. The molecule has 1 aliphatic carbocycles. The highest BCUT2D eigenvalue weighted by Gasteiger charge is 2.68. The summed E-state index contributed by atoms with van der Waals surface area (Å²) in [5.74, 6) is -1.75. The number of rotatable bonds is 5. The van der Waals surface area contributed by atoms with E-state index in [9.17, 15) is 14.4 Å². The quantitative estimate of drug-likeness (QED) is 0.292. The first-order valence-electron chi connectivity index (χ1n) is 10.9. The normalized spacial score (nSPS) is 27.4. The molecule has 0 radical (unpaired) electrons. The maximum absolute atomic E-state index is 12.8. The third-order valence-corrected chi connectivity index (χ3v) is 6.46. The Hall–Kier alpha value is -3.57. The number of fused-ring (bicyclic) bond motifs is 1. The van der Waals surface area contributed by atoms with E-state index in [1.807, 2.05) is 0 Å². The van der Waals surface area contributed by atoms with Crippen LogP contribution in [0.5, 0.6) is 0 Å². The van der Waals surface area contributed by atoms with E-state index in [4.69, 9.17) is 30.5 Å². The number of halogens is 1. The Kier molecular flexibility index (Phi) is 5.89. The van der Waals surface area contributed by atoms with Gasteiger partial charge in [-0.1, -0.05) is 29.8 Å². The molecule has 2 aliphatic rings. The van der Waals surface area contributed by atoms with Gasteiger partial charge in [0.1, 0.15) is 23.5 Å². The van der Waals surface area contributed by atoms with E-state index >= 15 is 0 Å². The van der Waals surface area contributed by atoms with Gasteiger partial charge in [-0.05, 0) is 25.0 Å². The molecule has 0 N–H and O–H groups in total. The fraction of sp³-hybridized carbons (Fsp3) is 0.391. The number of benzene rings is 1. The van der Waals surface area contributed by atoms with Gasteiger partial charge in [0.2, 0.25) is 0 Å². The highest BCUT2D eigenvalue weighted by Crippen LogP contribution is 2.53. The SMILES string of the molecule is CC(=O)OC1C(n2cnc3c(Cl)ncnc32)O[C@@]2(CC[C@H]2OC(=O)c2ccccc2)C1OC(C)=O. The van der Waals surface area contributed by atoms with Crippen LogP contribution in [0.15, 0.2) is 43.0 Å². The number of ether oxygens (including phenoxy) is 4. The second-order valence-corrected chi connectivity index (χ2v) is 8.71. The molecule has 1 aromatic carbocycles. The van der Waals surface area contributed by atoms with Crippen LogP contribution < -0.4 is 0 Å². The predicted octanol–water partition coefficient (Wildman–Crippen LogP) is 2.63. The van der Waals surface area contributed by atoms with E-state index in [1.165, 1.54) is 31.1 Å². The van der Waals surface area contributed by atoms with Crippen molar-refractivity contribution >= 4 is 40.7 Å². The van der Waals surface area contributed by atoms with Crippen molar-refractivity contribution in [2.24, 2.45) is 0 Å². The van der Waals surface area contributed by atoms with Gasteiger partial charge in [-0.15, -0.1) is 0 Å². The van der Waals surface area contributed by atoms with E-state index < -0.39 is 48.0 Å². The van der Waals surface area contributed by atoms with Crippen molar-refractivity contribution < 1.29 is 33.3 Å². The third kappa shape index (κ3) is 4.00. The number of esters is 3. The number of imidazole rings is 1. The van der Waals surface area contributed by atoms with Crippen LogP contribution in [0, 0.1) is 0 Å². The summed E-state index contributed by atoms with van der Waals surface area (Å²) in [5.41, 5.74) is -0.210. The molecule has 1 saturated heterocycles. The average Bonchev–Trinajstić information content (AvgIpc) is 3.38. The molecule has 5 atom stereocenters. The number of hydrogen-bond donors (Lipinski definition) is 0. The predicted molar refractivity (Wildman–Crippen MR) is 119 cm³/mol. The molecule has 0 bridgehead atoms. The summed E-state index contributed by atoms with van der Waals surface area (Å²) in [7, 11) is 0. The summed E-state index contributed by atoms with van der Waals surface area (Å²) >= 11 is 6.15. The lowest BCUT2D eigenvalue weighted by atomic mass is 9.72. The number of carbonyl (C=O) groups excluding carboxylic acids is 3. The van der Waals surface area contributed by atoms with E-state index in [0.717, 1.165) is 0 Å². The van der Waals surface area contributed by atoms with Gasteiger partial charge >= 0.3 is 17.9 Å². The van der Waals surface area contributed by atoms with Gasteiger partial charge in [-0.2, -0.15) is 0 Å². The Balaban J connectivity index is 1.54. The first kappa shape index (κ1) is 23.2. The lowest BCUT2D eigenvalue weighted by Crippen LogP contribution is -2.62. The molecule has 2 aromatic heterocycles. The Bertz CT molecular complexity index is 1300. The topological polar surface area (TPSA) is 132 Å². The summed E-state index contributed by atoms with van der Waals surface area (Å²) in [6.45, 7) is 2.49. The molecule has 5 rings (SSSR count). The number of nitrogens with zero attached hydrogens (tertiary/aromatic N) is 4. The Labute approximate surface area is 204 Å². The second-order valence-electron chi connectivity index (χ2n) is 8.35. The smallest absolute Gasteiger partial charge is 0.338 e. The first-order chi connectivity index (χ1) is 16.8. The van der Waals surface area contributed by atoms with Gasteiger partial charge < -0.3 is 18.9 Å². The van der Waals surface area contributed by atoms with Crippen molar-refractivity contribution in [3.05, 3.63) is 53.7 Å². The van der Waals surface area contributed by atoms with Gasteiger partial charge in [0.05, 0.1) is 11.9 Å². The summed E-state index contributed by atoms with van der Waals surface area (Å²) in [4.78, 5) is 49.3. The molecule has 1 aliphatic heterocycles. The second kappa shape index (κ2) is 8.90. The van der Waals surface area contributed by atoms with E-state index in [1.54, 1.807) is 30.3 Å². The lowest BCUT2D eigenvalue weighted by Gasteiger charge is -2.47. The molecular weight excluding hydrogens is 480 g/mol. The fourth-order valence-corrected chi connectivity index (χ4v) is 4.78. The van der Waals surface area contributed by atoms with Crippen LogP contribution in [0.2, 0.25) is 5.15 Å². The maximum atomic E-state index is 12.8. The molecule has 3 unspecified atom stereocenters. The first-order valence-corrected chi connectivity index (χ1v) is 11.3. The van der Waals surface area contributed by atoms with Crippen molar-refractivity contribution in [1.82, 2.24) is 19.5 Å². The highest BCUT2D eigenvalue weighted by atomic mass is 35.5. The van der Waals surface area contributed by atoms with Crippen LogP contribution in [0.3, 0.4) is 0 Å². The minimum atomic E-state index is -1.24. The molecule has 0 amide bonds. The zero-order chi connectivity index (χ0) is 24.7. The van der Waals surface area contributed by atoms with Gasteiger partial charge in [0, 0.05) is 13.8 Å². The zero-order valence-electron chi connectivity index (χ0n) is 18.8. The van der Waals surface area contributed by atoms with Crippen LogP contribution in [0.1, 0.15) is 43.3 Å². The van der Waals surface area contributed by atoms with Gasteiger partial charge in [-0.3, -0.25) is 14.2 Å². The Morgan fingerprint density at radius 2 is 1.80 bits per heavy atom. The molecule has 11 nitrogen and oxygen atoms in total. The van der Waals surface area contributed by atoms with Crippen molar-refractivity contribution in [3.63, 3.8) is 0 Å². The number of hydrogen-bond acceptors (Lipinski definition) is 10. The van der Waals surface area contributed by atoms with Gasteiger partial charge in [0.25, 0.3) is 0 Å². The van der Waals surface area contributed by atoms with E-state index in [-0.39, 0.29) is 5.15 Å². The van der Waals surface area contributed by atoms with E-state index in [0.29, 0.717) is 29.6 Å². The monoisotopic (exact) mass is 500 g/mol. The molecule has 2 fully saturated rings. The minimum Gasteiger partial charge on any atom is -0.456 e. The van der Waals surface area contributed by atoms with Crippen LogP contribution in [-0.2, 0) is 28.5 Å². The number of aromatic nitrogens is 4. The summed E-state index contributed by atoms with van der Waals surface area (Å²) < 4.78 is 25.0. The fourth-order valence-electron chi connectivity index (χ4n) is 4.61. The molecule has 3 heterocycles. The zero-order valence-corrected chi connectivity index (χ0v) is 19.5. The van der Waals surface area contributed by atoms with Crippen LogP contribution in [0.25, 0.3) is 11.2 Å². The highest BCUT2D eigenvalue weighted by molar-refractivity contribution is 6.33. The van der Waals surface area contributed by atoms with Crippen LogP contribution in [0.4, 0.5) is 0 Å². The van der Waals surface area contributed by atoms with Crippen LogP contribution >= 0.6 is 11.6 Å². The van der Waals surface area contributed by atoms with Crippen molar-refractivity contribution in [2.75, 3.05) is 0 Å². The lowest BCUT2D eigenvalue weighted by molar-refractivity contribution is -0.221. The Morgan fingerprint density at radius 3 is 2.46 bits per heavy atom. The molecule has 12 heteroatoms. The van der Waals surface area contributed by atoms with Crippen molar-refractivity contribution in [2.45, 2.75) is 56.8 Å². The van der Waals surface area contributed by atoms with Crippen molar-refractivity contribution in [3.8, 4) is 0 Å². The van der Waals surface area contributed by atoms with Crippen molar-refractivity contribution in [1.29, 1.82) is 0 Å². The van der Waals surface area contributed by atoms with Crippen LogP contribution in [-0.4, -0.2) is 61.3 Å². The number of carbonyl (C=O) groups is 3. The molecule has 1 spiro atoms. The molecule has 3 aromatic rings. The summed E-state index contributed by atoms with van der Waals surface area (Å²) in [6.07, 6.45) is -0.297. The molecule has 35 heavy (non-hydrogen) atoms. The summed E-state index contributed by atoms with van der Waals surface area (Å²) in [6, 6.07) is 8.52. The summed E-state index contributed by atoms with van der Waals surface area (Å²) in [5, 5.41) is 0.139.